The molecule has 1 radical (unpaired) electrons. The maximum absolute atomic E-state index is 8.14. The Morgan fingerprint density at radius 3 is 1.09 bits per heavy atom. The van der Waals surface area contributed by atoms with Crippen molar-refractivity contribution in [3.05, 3.63) is 7.43 Å². The van der Waals surface area contributed by atoms with Crippen molar-refractivity contribution in [1.29, 1.82) is 0 Å². The third-order valence-corrected chi connectivity index (χ3v) is 0.365. The van der Waals surface area contributed by atoms with Crippen molar-refractivity contribution in [2.24, 2.45) is 5.92 Å². The zero-order valence-electron chi connectivity index (χ0n) is 5.31. The van der Waals surface area contributed by atoms with Crippen LogP contribution in [0.5, 0.6) is 0 Å². The first kappa shape index (κ1) is 57.6. The minimum Gasteiger partial charge on any atom is -0.396 e. The van der Waals surface area contributed by atoms with E-state index in [1.807, 2.05) is 13.8 Å². The van der Waals surface area contributed by atoms with Gasteiger partial charge in [0.15, 0.2) is 0 Å². The maximum atomic E-state index is 8.14. The summed E-state index contributed by atoms with van der Waals surface area (Å²) in [5.74, 6) is 0.440. The molecule has 0 aliphatic rings. The van der Waals surface area contributed by atoms with Crippen LogP contribution in [0.1, 0.15) is 43.6 Å². The third-order valence-electron chi connectivity index (χ3n) is 0.365. The number of rotatable bonds is 1. The minimum atomic E-state index is 0. The summed E-state index contributed by atoms with van der Waals surface area (Å²) in [6.07, 6.45) is 0. The van der Waals surface area contributed by atoms with Crippen LogP contribution >= 0.6 is 0 Å². The molecule has 1 N–H and O–H groups in total. The number of aliphatic hydroxyl groups excluding tert-OH is 1. The summed E-state index contributed by atoms with van der Waals surface area (Å²) in [6.45, 7) is 4.25. The first-order valence-corrected chi connectivity index (χ1v) is 1.88. The molecule has 0 saturated heterocycles. The second-order valence-electron chi connectivity index (χ2n) is 1.58. The molecule has 0 saturated carbocycles. The normalized spacial score (nSPS) is 4.36. The van der Waals surface area contributed by atoms with Crippen LogP contribution in [0.3, 0.4) is 0 Å². The Hall–Kier alpha value is 1.06. The van der Waals surface area contributed by atoms with E-state index in [1.165, 1.54) is 0 Å². The first-order valence-electron chi connectivity index (χ1n) is 1.88. The number of aliphatic hydroxyl groups is 1. The molecule has 11 heavy (non-hydrogen) atoms. The van der Waals surface area contributed by atoms with Gasteiger partial charge >= 0.3 is 0 Å². The van der Waals surface area contributed by atoms with Crippen molar-refractivity contribution >= 4 is 0 Å². The van der Waals surface area contributed by atoms with Gasteiger partial charge < -0.3 is 12.5 Å². The average molecular weight is 242 g/mol. The molecule has 0 aliphatic carbocycles. The van der Waals surface area contributed by atoms with Crippen LogP contribution in [-0.4, -0.2) is 11.7 Å². The molecule has 0 spiro atoms. The minimum absolute atomic E-state index is 0. The molecule has 0 fully saturated rings. The molecule has 0 rings (SSSR count). The fourth-order valence-electron chi connectivity index (χ4n) is 0. The van der Waals surface area contributed by atoms with E-state index in [9.17, 15) is 0 Å². The Morgan fingerprint density at radius 1 is 1.00 bits per heavy atom. The van der Waals surface area contributed by atoms with E-state index < -0.39 is 0 Å². The van der Waals surface area contributed by atoms with Gasteiger partial charge in [0.2, 0.25) is 0 Å². The summed E-state index contributed by atoms with van der Waals surface area (Å²) >= 11 is 0. The van der Waals surface area contributed by atoms with Gasteiger partial charge in [0.25, 0.3) is 0 Å². The Balaban J connectivity index is -0.00000000533. The Labute approximate surface area is 101 Å². The summed E-state index contributed by atoms with van der Waals surface area (Å²) < 4.78 is 0. The number of hydrogen-bond acceptors (Lipinski definition) is 1. The summed E-state index contributed by atoms with van der Waals surface area (Å²) in [6, 6.07) is 0. The molecule has 0 heterocycles. The van der Waals surface area contributed by atoms with Gasteiger partial charge in [-0.3, -0.25) is 0 Å². The molecule has 0 aromatic heterocycles. The molecule has 2 heteroatoms. The zero-order valence-corrected chi connectivity index (χ0v) is 8.15. The van der Waals surface area contributed by atoms with Gasteiger partial charge in [-0.15, -0.1) is 0 Å². The molecule has 0 aromatic rings. The van der Waals surface area contributed by atoms with E-state index in [2.05, 4.69) is 0 Å². The van der Waals surface area contributed by atoms with Gasteiger partial charge in [-0.25, -0.2) is 0 Å². The molecular weight excluding hydrogens is 213 g/mol. The predicted octanol–water partition coefficient (Wildman–Crippen LogP) is 3.63. The van der Waals surface area contributed by atoms with Gasteiger partial charge in [0.05, 0.1) is 0 Å². The molecule has 0 unspecified atom stereocenters. The van der Waals surface area contributed by atoms with Crippen LogP contribution in [-0.2, 0) is 32.7 Å². The van der Waals surface area contributed by atoms with E-state index in [4.69, 9.17) is 5.11 Å². The smallest absolute Gasteiger partial charge is 0.0453 e. The number of hydrogen-bond donors (Lipinski definition) is 1. The van der Waals surface area contributed by atoms with Crippen LogP contribution in [0.2, 0.25) is 0 Å². The van der Waals surface area contributed by atoms with Crippen LogP contribution in [0.4, 0.5) is 0 Å². The molecule has 1 nitrogen and oxygen atoms in total. The van der Waals surface area contributed by atoms with Gasteiger partial charge in [0.1, 0.15) is 0 Å². The topological polar surface area (TPSA) is 20.2 Å². The molecule has 0 amide bonds. The van der Waals surface area contributed by atoms with Gasteiger partial charge in [-0.05, 0) is 5.92 Å². The molecular formula is C9H29OY-. The second kappa shape index (κ2) is 43.7. The summed E-state index contributed by atoms with van der Waals surface area (Å²) in [7, 11) is 0. The average Bonchev–Trinajstić information content (AvgIpc) is 1.38. The maximum Gasteiger partial charge on any atom is 0.0453 e. The van der Waals surface area contributed by atoms with E-state index in [-0.39, 0.29) is 69.8 Å². The third kappa shape index (κ3) is 96.8. The van der Waals surface area contributed by atoms with Gasteiger partial charge in [-0.2, -0.15) is 0 Å². The van der Waals surface area contributed by atoms with Gasteiger partial charge in [-0.1, -0.05) is 43.6 Å². The Bertz CT molecular complexity index is 23.5. The fraction of sp³-hybridized carbons (Fsp3) is 0.889. The molecule has 0 aromatic carbocycles. The first-order chi connectivity index (χ1) is 2.27. The predicted molar refractivity (Wildman–Crippen MR) is 55.3 cm³/mol. The summed E-state index contributed by atoms with van der Waals surface area (Å²) in [5, 5.41) is 8.14. The standard InChI is InChI=1S/C4H10O.4CH4.CH3.Y/c1-4(2)3-5;;;;;;/h4-5H,3H2,1-2H3;4*1H4;1H3;/q;;;;;-1;. The Morgan fingerprint density at radius 2 is 1.09 bits per heavy atom. The summed E-state index contributed by atoms with van der Waals surface area (Å²) in [4.78, 5) is 0. The SMILES string of the molecule is C.C.C.C.CC(C)CO.[CH3-].[Y]. The van der Waals surface area contributed by atoms with Crippen molar-refractivity contribution in [3.8, 4) is 0 Å². The van der Waals surface area contributed by atoms with Crippen molar-refractivity contribution in [2.75, 3.05) is 6.61 Å². The zero-order chi connectivity index (χ0) is 4.28. The van der Waals surface area contributed by atoms with Crippen molar-refractivity contribution < 1.29 is 37.8 Å². The van der Waals surface area contributed by atoms with E-state index in [1.54, 1.807) is 0 Å². The van der Waals surface area contributed by atoms with Crippen molar-refractivity contribution in [3.63, 3.8) is 0 Å². The van der Waals surface area contributed by atoms with E-state index >= 15 is 0 Å². The van der Waals surface area contributed by atoms with Crippen LogP contribution in [0.25, 0.3) is 0 Å². The second-order valence-corrected chi connectivity index (χ2v) is 1.58. The molecule has 75 valence electrons. The van der Waals surface area contributed by atoms with Crippen LogP contribution in [0.15, 0.2) is 0 Å². The molecule has 0 atom stereocenters. The molecule has 0 bridgehead atoms. The molecule has 0 aliphatic heterocycles. The van der Waals surface area contributed by atoms with Crippen LogP contribution < -0.4 is 0 Å². The monoisotopic (exact) mass is 242 g/mol. The van der Waals surface area contributed by atoms with Crippen molar-refractivity contribution in [1.82, 2.24) is 0 Å². The van der Waals surface area contributed by atoms with Crippen molar-refractivity contribution in [2.45, 2.75) is 43.6 Å². The summed E-state index contributed by atoms with van der Waals surface area (Å²) in [5.41, 5.74) is 0. The van der Waals surface area contributed by atoms with Crippen LogP contribution in [0, 0.1) is 13.3 Å². The van der Waals surface area contributed by atoms with E-state index in [0.717, 1.165) is 0 Å². The van der Waals surface area contributed by atoms with Gasteiger partial charge in [0, 0.05) is 39.3 Å². The fourth-order valence-corrected chi connectivity index (χ4v) is 0. The van der Waals surface area contributed by atoms with E-state index in [0.29, 0.717) is 12.5 Å². The Kier molecular flexibility index (Phi) is 229. The largest absolute Gasteiger partial charge is 0.396 e. The quantitative estimate of drug-likeness (QED) is 0.696.